The molecule has 5 nitrogen and oxygen atoms in total. The van der Waals surface area contributed by atoms with Crippen LogP contribution in [0.3, 0.4) is 0 Å². The van der Waals surface area contributed by atoms with Gasteiger partial charge in [0.25, 0.3) is 0 Å². The largest absolute Gasteiger partial charge is 0.349 e. The number of thioether (sulfide) groups is 1. The van der Waals surface area contributed by atoms with Crippen molar-refractivity contribution in [3.63, 3.8) is 0 Å². The topological polar surface area (TPSA) is 52.7 Å². The van der Waals surface area contributed by atoms with Crippen LogP contribution in [0.5, 0.6) is 0 Å². The first-order valence-corrected chi connectivity index (χ1v) is 8.06. The minimum absolute atomic E-state index is 0.0279. The summed E-state index contributed by atoms with van der Waals surface area (Å²) in [6.07, 6.45) is 1.59. The molecule has 0 aromatic rings. The van der Waals surface area contributed by atoms with Crippen molar-refractivity contribution < 1.29 is 9.59 Å². The number of nitrogens with one attached hydrogen (secondary N) is 1. The van der Waals surface area contributed by atoms with Gasteiger partial charge in [-0.15, -0.1) is 0 Å². The molecule has 2 saturated heterocycles. The normalized spacial score (nSPS) is 25.2. The molecular formula is C13H23N3O2S. The molecule has 0 spiro atoms. The van der Waals surface area contributed by atoms with Crippen molar-refractivity contribution in [2.24, 2.45) is 5.92 Å². The van der Waals surface area contributed by atoms with Gasteiger partial charge in [-0.3, -0.25) is 9.59 Å². The maximum Gasteiger partial charge on any atom is 0.240 e. The first kappa shape index (κ1) is 14.7. The van der Waals surface area contributed by atoms with Crippen LogP contribution in [0.1, 0.15) is 12.8 Å². The van der Waals surface area contributed by atoms with Gasteiger partial charge in [0.2, 0.25) is 11.8 Å². The molecule has 2 rings (SSSR count). The molecule has 108 valence electrons. The zero-order valence-corrected chi connectivity index (χ0v) is 12.5. The lowest BCUT2D eigenvalue weighted by atomic mass is 9.95. The molecule has 2 aliphatic rings. The highest BCUT2D eigenvalue weighted by Gasteiger charge is 2.31. The number of hydrogen-bond acceptors (Lipinski definition) is 4. The van der Waals surface area contributed by atoms with E-state index in [2.05, 4.69) is 5.32 Å². The predicted molar refractivity (Wildman–Crippen MR) is 77.1 cm³/mol. The molecule has 0 aromatic carbocycles. The van der Waals surface area contributed by atoms with Gasteiger partial charge in [0.1, 0.15) is 0 Å². The highest BCUT2D eigenvalue weighted by atomic mass is 32.2. The summed E-state index contributed by atoms with van der Waals surface area (Å²) in [7, 11) is 3.59. The van der Waals surface area contributed by atoms with E-state index in [1.807, 2.05) is 16.7 Å². The summed E-state index contributed by atoms with van der Waals surface area (Å²) in [5, 5.41) is 3.28. The SMILES string of the molecule is CN(C)C(=O)C1CCN(C(=O)C2CSCCN2)CC1. The van der Waals surface area contributed by atoms with Crippen LogP contribution in [0.15, 0.2) is 0 Å². The van der Waals surface area contributed by atoms with Crippen molar-refractivity contribution in [1.29, 1.82) is 0 Å². The number of piperidine rings is 1. The molecule has 2 fully saturated rings. The number of hydrogen-bond donors (Lipinski definition) is 1. The van der Waals surface area contributed by atoms with E-state index in [0.717, 1.165) is 30.9 Å². The van der Waals surface area contributed by atoms with Gasteiger partial charge in [0, 0.05) is 51.2 Å². The Bertz CT molecular complexity index is 335. The second-order valence-corrected chi connectivity index (χ2v) is 6.56. The van der Waals surface area contributed by atoms with E-state index < -0.39 is 0 Å². The number of nitrogens with zero attached hydrogens (tertiary/aromatic N) is 2. The fraction of sp³-hybridized carbons (Fsp3) is 0.846. The Hall–Kier alpha value is -0.750. The predicted octanol–water partition coefficient (Wildman–Crippen LogP) is 0.0182. The lowest BCUT2D eigenvalue weighted by molar-refractivity contribution is -0.139. The molecule has 0 bridgehead atoms. The van der Waals surface area contributed by atoms with E-state index in [4.69, 9.17) is 0 Å². The lowest BCUT2D eigenvalue weighted by Crippen LogP contribution is -2.53. The number of amides is 2. The highest BCUT2D eigenvalue weighted by molar-refractivity contribution is 7.99. The van der Waals surface area contributed by atoms with Crippen LogP contribution in [-0.4, -0.2) is 72.9 Å². The molecule has 6 heteroatoms. The summed E-state index contributed by atoms with van der Waals surface area (Å²) in [5.41, 5.74) is 0. The standard InChI is InChI=1S/C13H23N3O2S/c1-15(2)12(17)10-3-6-16(7-4-10)13(18)11-9-19-8-5-14-11/h10-11,14H,3-9H2,1-2H3. The second-order valence-electron chi connectivity index (χ2n) is 5.41. The molecule has 0 saturated carbocycles. The molecular weight excluding hydrogens is 262 g/mol. The maximum absolute atomic E-state index is 12.3. The summed E-state index contributed by atoms with van der Waals surface area (Å²) in [6.45, 7) is 2.34. The van der Waals surface area contributed by atoms with Crippen molar-refractivity contribution in [2.45, 2.75) is 18.9 Å². The number of likely N-dealkylation sites (tertiary alicyclic amines) is 1. The molecule has 1 N–H and O–H groups in total. The first-order chi connectivity index (χ1) is 9.09. The third-order valence-electron chi connectivity index (χ3n) is 3.82. The molecule has 0 aliphatic carbocycles. The zero-order valence-electron chi connectivity index (χ0n) is 11.7. The van der Waals surface area contributed by atoms with Crippen LogP contribution in [0.4, 0.5) is 0 Å². The van der Waals surface area contributed by atoms with Crippen molar-refractivity contribution in [1.82, 2.24) is 15.1 Å². The van der Waals surface area contributed by atoms with Gasteiger partial charge in [-0.1, -0.05) is 0 Å². The van der Waals surface area contributed by atoms with Gasteiger partial charge in [0.05, 0.1) is 6.04 Å². The summed E-state index contributed by atoms with van der Waals surface area (Å²) in [6, 6.07) is -0.0279. The first-order valence-electron chi connectivity index (χ1n) is 6.90. The molecule has 1 atom stereocenters. The van der Waals surface area contributed by atoms with Crippen LogP contribution >= 0.6 is 11.8 Å². The second kappa shape index (κ2) is 6.61. The minimum Gasteiger partial charge on any atom is -0.349 e. The molecule has 2 aliphatic heterocycles. The fourth-order valence-corrected chi connectivity index (χ4v) is 3.58. The Morgan fingerprint density at radius 3 is 2.47 bits per heavy atom. The van der Waals surface area contributed by atoms with Crippen LogP contribution in [0.25, 0.3) is 0 Å². The quantitative estimate of drug-likeness (QED) is 0.777. The van der Waals surface area contributed by atoms with Crippen molar-refractivity contribution in [3.05, 3.63) is 0 Å². The van der Waals surface area contributed by atoms with E-state index in [0.29, 0.717) is 13.1 Å². The molecule has 19 heavy (non-hydrogen) atoms. The fourth-order valence-electron chi connectivity index (χ4n) is 2.66. The van der Waals surface area contributed by atoms with E-state index >= 15 is 0 Å². The highest BCUT2D eigenvalue weighted by Crippen LogP contribution is 2.20. The smallest absolute Gasteiger partial charge is 0.240 e. The van der Waals surface area contributed by atoms with Crippen LogP contribution < -0.4 is 5.32 Å². The molecule has 2 heterocycles. The molecule has 1 unspecified atom stereocenters. The Morgan fingerprint density at radius 2 is 1.95 bits per heavy atom. The molecule has 0 radical (unpaired) electrons. The van der Waals surface area contributed by atoms with Gasteiger partial charge in [-0.2, -0.15) is 11.8 Å². The Morgan fingerprint density at radius 1 is 1.26 bits per heavy atom. The van der Waals surface area contributed by atoms with Gasteiger partial charge in [0.15, 0.2) is 0 Å². The Kier molecular flexibility index (Phi) is 5.10. The molecule has 2 amide bonds. The summed E-state index contributed by atoms with van der Waals surface area (Å²) < 4.78 is 0. The van der Waals surface area contributed by atoms with Gasteiger partial charge in [-0.25, -0.2) is 0 Å². The van der Waals surface area contributed by atoms with Crippen LogP contribution in [0, 0.1) is 5.92 Å². The summed E-state index contributed by atoms with van der Waals surface area (Å²) in [4.78, 5) is 27.8. The van der Waals surface area contributed by atoms with E-state index in [1.54, 1.807) is 19.0 Å². The number of carbonyl (C=O) groups is 2. The summed E-state index contributed by atoms with van der Waals surface area (Å²) >= 11 is 1.83. The van der Waals surface area contributed by atoms with Crippen molar-refractivity contribution in [2.75, 3.05) is 45.2 Å². The molecule has 0 aromatic heterocycles. The van der Waals surface area contributed by atoms with Gasteiger partial charge in [-0.05, 0) is 12.8 Å². The monoisotopic (exact) mass is 285 g/mol. The zero-order chi connectivity index (χ0) is 13.8. The van der Waals surface area contributed by atoms with Crippen LogP contribution in [-0.2, 0) is 9.59 Å². The third-order valence-corrected chi connectivity index (χ3v) is 4.88. The van der Waals surface area contributed by atoms with Crippen LogP contribution in [0.2, 0.25) is 0 Å². The maximum atomic E-state index is 12.3. The van der Waals surface area contributed by atoms with E-state index in [9.17, 15) is 9.59 Å². The van der Waals surface area contributed by atoms with Crippen molar-refractivity contribution in [3.8, 4) is 0 Å². The average molecular weight is 285 g/mol. The van der Waals surface area contributed by atoms with Crippen molar-refractivity contribution >= 4 is 23.6 Å². The summed E-state index contributed by atoms with van der Waals surface area (Å²) in [5.74, 6) is 2.45. The number of carbonyl (C=O) groups excluding carboxylic acids is 2. The minimum atomic E-state index is -0.0279. The van der Waals surface area contributed by atoms with E-state index in [1.165, 1.54) is 0 Å². The Balaban J connectivity index is 1.82. The Labute approximate surface area is 119 Å². The van der Waals surface area contributed by atoms with E-state index in [-0.39, 0.29) is 23.8 Å². The van der Waals surface area contributed by atoms with Gasteiger partial charge < -0.3 is 15.1 Å². The lowest BCUT2D eigenvalue weighted by Gasteiger charge is -2.35. The number of rotatable bonds is 2. The average Bonchev–Trinajstić information content (AvgIpc) is 2.46. The third kappa shape index (κ3) is 3.63. The van der Waals surface area contributed by atoms with Gasteiger partial charge >= 0.3 is 0 Å².